The minimum atomic E-state index is -0.233. The first-order valence-electron chi connectivity index (χ1n) is 10.2. The van der Waals surface area contributed by atoms with Gasteiger partial charge in [-0.25, -0.2) is 9.78 Å². The van der Waals surface area contributed by atoms with Gasteiger partial charge in [0.15, 0.2) is 5.82 Å². The van der Waals surface area contributed by atoms with Crippen LogP contribution in [-0.4, -0.2) is 50.8 Å². The van der Waals surface area contributed by atoms with Gasteiger partial charge in [-0.2, -0.15) is 5.10 Å². The maximum atomic E-state index is 12.4. The van der Waals surface area contributed by atoms with Crippen molar-refractivity contribution in [2.45, 2.75) is 70.4 Å². The number of hydrogen-bond acceptors (Lipinski definition) is 6. The molecule has 2 aromatic heterocycles. The Morgan fingerprint density at radius 3 is 2.97 bits per heavy atom. The normalized spacial score (nSPS) is 24.1. The van der Waals surface area contributed by atoms with E-state index < -0.39 is 0 Å². The van der Waals surface area contributed by atoms with Crippen molar-refractivity contribution in [3.63, 3.8) is 0 Å². The second-order valence-electron chi connectivity index (χ2n) is 8.00. The van der Waals surface area contributed by atoms with Gasteiger partial charge < -0.3 is 19.4 Å². The molecule has 1 saturated heterocycles. The molecule has 2 N–H and O–H groups in total. The molecular weight excluding hydrogens is 374 g/mol. The quantitative estimate of drug-likeness (QED) is 0.796. The molecule has 0 aromatic carbocycles. The number of aromatic nitrogens is 3. The molecule has 1 saturated carbocycles. The van der Waals surface area contributed by atoms with Crippen molar-refractivity contribution in [3.05, 3.63) is 29.6 Å². The van der Waals surface area contributed by atoms with Crippen LogP contribution in [0.1, 0.15) is 62.3 Å². The van der Waals surface area contributed by atoms with Crippen LogP contribution < -0.4 is 5.32 Å². The molecule has 156 valence electrons. The number of oxazole rings is 1. The lowest BCUT2D eigenvalue weighted by Crippen LogP contribution is -2.36. The number of H-pyrrole nitrogens is 1. The fraction of sp³-hybridized carbons (Fsp3) is 0.600. The number of likely N-dealkylation sites (tertiary alicyclic amines) is 1. The van der Waals surface area contributed by atoms with Crippen molar-refractivity contribution in [2.24, 2.45) is 0 Å². The molecule has 2 aromatic rings. The largest absolute Gasteiger partial charge is 0.446 e. The number of nitrogens with one attached hydrogen (secondary N) is 2. The first-order chi connectivity index (χ1) is 14.0. The van der Waals surface area contributed by atoms with E-state index in [1.165, 1.54) is 0 Å². The van der Waals surface area contributed by atoms with Gasteiger partial charge in [-0.1, -0.05) is 0 Å². The van der Waals surface area contributed by atoms with Gasteiger partial charge in [0.1, 0.15) is 18.3 Å². The summed E-state index contributed by atoms with van der Waals surface area (Å²) in [5.74, 6) is 1.52. The second kappa shape index (κ2) is 8.26. The average Bonchev–Trinajstić information content (AvgIpc) is 3.44. The van der Waals surface area contributed by atoms with E-state index in [9.17, 15) is 9.59 Å². The summed E-state index contributed by atoms with van der Waals surface area (Å²) in [5, 5.41) is 9.94. The summed E-state index contributed by atoms with van der Waals surface area (Å²) in [6, 6.07) is 2.11. The molecule has 1 aliphatic heterocycles. The lowest BCUT2D eigenvalue weighted by Gasteiger charge is -2.23. The van der Waals surface area contributed by atoms with E-state index in [-0.39, 0.29) is 36.5 Å². The van der Waals surface area contributed by atoms with E-state index in [2.05, 4.69) is 27.4 Å². The van der Waals surface area contributed by atoms with Crippen molar-refractivity contribution < 1.29 is 18.7 Å². The summed E-state index contributed by atoms with van der Waals surface area (Å²) >= 11 is 0. The van der Waals surface area contributed by atoms with Gasteiger partial charge in [0, 0.05) is 30.3 Å². The molecule has 0 bridgehead atoms. The number of ether oxygens (including phenoxy) is 1. The molecule has 3 atom stereocenters. The molecule has 0 spiro atoms. The van der Waals surface area contributed by atoms with Crippen LogP contribution in [0.3, 0.4) is 0 Å². The van der Waals surface area contributed by atoms with Crippen LogP contribution in [0.25, 0.3) is 0 Å². The summed E-state index contributed by atoms with van der Waals surface area (Å²) in [4.78, 5) is 30.3. The first-order valence-corrected chi connectivity index (χ1v) is 10.2. The number of hydrogen-bond donors (Lipinski definition) is 2. The molecule has 1 aliphatic carbocycles. The van der Waals surface area contributed by atoms with E-state index in [1.807, 2.05) is 11.0 Å². The Labute approximate surface area is 169 Å². The molecule has 0 radical (unpaired) electrons. The Balaban J connectivity index is 1.27. The molecule has 29 heavy (non-hydrogen) atoms. The molecule has 9 nitrogen and oxygen atoms in total. The van der Waals surface area contributed by atoms with Crippen LogP contribution in [-0.2, 0) is 16.0 Å². The van der Waals surface area contributed by atoms with Gasteiger partial charge in [0.2, 0.25) is 11.8 Å². The zero-order valence-corrected chi connectivity index (χ0v) is 16.8. The number of aromatic amines is 1. The van der Waals surface area contributed by atoms with Crippen LogP contribution in [0, 0.1) is 6.92 Å². The highest BCUT2D eigenvalue weighted by Crippen LogP contribution is 2.36. The van der Waals surface area contributed by atoms with Crippen LogP contribution in [0.15, 0.2) is 16.7 Å². The predicted molar refractivity (Wildman–Crippen MR) is 104 cm³/mol. The van der Waals surface area contributed by atoms with Crippen molar-refractivity contribution in [1.82, 2.24) is 20.1 Å². The van der Waals surface area contributed by atoms with E-state index in [1.54, 1.807) is 13.1 Å². The molecule has 3 heterocycles. The third kappa shape index (κ3) is 4.60. The van der Waals surface area contributed by atoms with Crippen molar-refractivity contribution in [1.29, 1.82) is 0 Å². The van der Waals surface area contributed by atoms with E-state index in [0.717, 1.165) is 44.3 Å². The van der Waals surface area contributed by atoms with Gasteiger partial charge in [0.25, 0.3) is 0 Å². The highest BCUT2D eigenvalue weighted by molar-refractivity contribution is 5.90. The Hall–Kier alpha value is -2.84. The van der Waals surface area contributed by atoms with Gasteiger partial charge in [0.05, 0.1) is 6.20 Å². The minimum absolute atomic E-state index is 0.0619. The van der Waals surface area contributed by atoms with Crippen molar-refractivity contribution >= 4 is 17.8 Å². The molecule has 2 fully saturated rings. The lowest BCUT2D eigenvalue weighted by atomic mass is 10.0. The average molecular weight is 401 g/mol. The topological polar surface area (TPSA) is 113 Å². The van der Waals surface area contributed by atoms with Gasteiger partial charge >= 0.3 is 6.09 Å². The third-order valence-corrected chi connectivity index (χ3v) is 5.73. The highest BCUT2D eigenvalue weighted by Gasteiger charge is 2.33. The standard InChI is InChI=1S/C20H27N5O4/c1-12-4-3-7-25(12)20(27)29-15-6-5-14(8-15)16-9-17(24-23-16)22-18(26)10-19-21-11-13(2)28-19/h9,11-12,14-15H,3-8,10H2,1-2H3,(H2,22,23,24,26)/t12-,14-,15+/m0/s1. The second-order valence-corrected chi connectivity index (χ2v) is 8.00. The Morgan fingerprint density at radius 1 is 1.38 bits per heavy atom. The summed E-state index contributed by atoms with van der Waals surface area (Å²) in [5.41, 5.74) is 0.945. The number of nitrogens with zero attached hydrogens (tertiary/aromatic N) is 3. The summed E-state index contributed by atoms with van der Waals surface area (Å²) in [6.07, 6.45) is 5.98. The zero-order valence-electron chi connectivity index (χ0n) is 16.8. The fourth-order valence-corrected chi connectivity index (χ4v) is 4.16. The minimum Gasteiger partial charge on any atom is -0.446 e. The Bertz CT molecular complexity index is 876. The van der Waals surface area contributed by atoms with Crippen molar-refractivity contribution in [2.75, 3.05) is 11.9 Å². The van der Waals surface area contributed by atoms with Crippen LogP contribution in [0.2, 0.25) is 0 Å². The van der Waals surface area contributed by atoms with Gasteiger partial charge in [-0.15, -0.1) is 0 Å². The van der Waals surface area contributed by atoms with Gasteiger partial charge in [-0.05, 0) is 46.0 Å². The number of anilines is 1. The molecule has 9 heteroatoms. The zero-order chi connectivity index (χ0) is 20.4. The first kappa shape index (κ1) is 19.5. The number of rotatable bonds is 5. The maximum absolute atomic E-state index is 12.4. The monoisotopic (exact) mass is 401 g/mol. The number of carbonyl (C=O) groups excluding carboxylic acids is 2. The summed E-state index contributed by atoms with van der Waals surface area (Å²) in [6.45, 7) is 4.63. The van der Waals surface area contributed by atoms with E-state index in [0.29, 0.717) is 17.5 Å². The number of carbonyl (C=O) groups is 2. The van der Waals surface area contributed by atoms with Crippen molar-refractivity contribution in [3.8, 4) is 0 Å². The van der Waals surface area contributed by atoms with Gasteiger partial charge in [-0.3, -0.25) is 9.89 Å². The lowest BCUT2D eigenvalue weighted by molar-refractivity contribution is -0.115. The molecular formula is C20H27N5O4. The van der Waals surface area contributed by atoms with Crippen LogP contribution in [0.5, 0.6) is 0 Å². The SMILES string of the molecule is Cc1cnc(CC(=O)Nc2cc([C@H]3CC[C@@H](OC(=O)N4CCC[C@@H]4C)C3)[nH]n2)o1. The Morgan fingerprint density at radius 2 is 2.24 bits per heavy atom. The maximum Gasteiger partial charge on any atom is 0.410 e. The van der Waals surface area contributed by atoms with Crippen LogP contribution in [0.4, 0.5) is 10.6 Å². The molecule has 0 unspecified atom stereocenters. The number of aryl methyl sites for hydroxylation is 1. The fourth-order valence-electron chi connectivity index (χ4n) is 4.16. The molecule has 2 amide bonds. The summed E-state index contributed by atoms with van der Waals surface area (Å²) < 4.78 is 11.0. The Kier molecular flexibility index (Phi) is 5.55. The van der Waals surface area contributed by atoms with Crippen LogP contribution >= 0.6 is 0 Å². The van der Waals surface area contributed by atoms with E-state index >= 15 is 0 Å². The summed E-state index contributed by atoms with van der Waals surface area (Å²) in [7, 11) is 0. The molecule has 2 aliphatic rings. The number of amides is 2. The highest BCUT2D eigenvalue weighted by atomic mass is 16.6. The van der Waals surface area contributed by atoms with E-state index in [4.69, 9.17) is 9.15 Å². The molecule has 4 rings (SSSR count). The smallest absolute Gasteiger partial charge is 0.410 e. The predicted octanol–water partition coefficient (Wildman–Crippen LogP) is 3.14. The third-order valence-electron chi connectivity index (χ3n) is 5.73.